The number of hydrogen-bond donors (Lipinski definition) is 1. The van der Waals surface area contributed by atoms with E-state index in [2.05, 4.69) is 30.2 Å². The number of thiophene rings is 1. The van der Waals surface area contributed by atoms with Crippen molar-refractivity contribution in [2.75, 3.05) is 7.11 Å². The predicted molar refractivity (Wildman–Crippen MR) is 80.1 cm³/mol. The third-order valence-corrected chi connectivity index (χ3v) is 4.40. The summed E-state index contributed by atoms with van der Waals surface area (Å²) in [6.07, 6.45) is 1.76. The second kappa shape index (κ2) is 6.37. The van der Waals surface area contributed by atoms with E-state index in [0.717, 1.165) is 9.90 Å². The molecular formula is C14H17ClN2OS. The Labute approximate surface area is 122 Å². The average Bonchev–Trinajstić information content (AvgIpc) is 2.85. The molecule has 0 fully saturated rings. The van der Waals surface area contributed by atoms with Crippen LogP contribution in [-0.2, 0) is 0 Å². The van der Waals surface area contributed by atoms with Gasteiger partial charge in [-0.15, -0.1) is 11.3 Å². The minimum Gasteiger partial charge on any atom is -0.481 e. The van der Waals surface area contributed by atoms with Gasteiger partial charge in [-0.1, -0.05) is 11.6 Å². The van der Waals surface area contributed by atoms with E-state index in [1.165, 1.54) is 4.88 Å². The number of nitrogens with zero attached hydrogens (tertiary/aromatic N) is 1. The Morgan fingerprint density at radius 1 is 1.26 bits per heavy atom. The maximum Gasteiger partial charge on any atom is 0.213 e. The Balaban J connectivity index is 2.05. The Morgan fingerprint density at radius 2 is 2.05 bits per heavy atom. The topological polar surface area (TPSA) is 34.1 Å². The number of pyridine rings is 1. The zero-order valence-electron chi connectivity index (χ0n) is 11.2. The molecule has 5 heteroatoms. The van der Waals surface area contributed by atoms with Crippen molar-refractivity contribution in [3.05, 3.63) is 45.2 Å². The van der Waals surface area contributed by atoms with Crippen LogP contribution in [0.1, 0.15) is 36.4 Å². The van der Waals surface area contributed by atoms with Crippen LogP contribution in [0.3, 0.4) is 0 Å². The summed E-state index contributed by atoms with van der Waals surface area (Å²) in [5.41, 5.74) is 1.15. The van der Waals surface area contributed by atoms with Gasteiger partial charge >= 0.3 is 0 Å². The van der Waals surface area contributed by atoms with Gasteiger partial charge in [0.2, 0.25) is 5.88 Å². The van der Waals surface area contributed by atoms with Gasteiger partial charge in [-0.3, -0.25) is 0 Å². The minimum atomic E-state index is 0.216. The first-order chi connectivity index (χ1) is 9.10. The van der Waals surface area contributed by atoms with E-state index >= 15 is 0 Å². The number of aromatic nitrogens is 1. The number of methoxy groups -OCH3 is 1. The second-order valence-electron chi connectivity index (χ2n) is 4.38. The maximum absolute atomic E-state index is 5.96. The van der Waals surface area contributed by atoms with Crippen LogP contribution in [-0.4, -0.2) is 12.1 Å². The largest absolute Gasteiger partial charge is 0.481 e. The van der Waals surface area contributed by atoms with Gasteiger partial charge in [0, 0.05) is 29.2 Å². The first-order valence-corrected chi connectivity index (χ1v) is 7.31. The molecule has 0 aromatic carbocycles. The van der Waals surface area contributed by atoms with Crippen molar-refractivity contribution in [2.24, 2.45) is 0 Å². The van der Waals surface area contributed by atoms with Gasteiger partial charge in [0.05, 0.1) is 11.4 Å². The zero-order valence-corrected chi connectivity index (χ0v) is 12.8. The summed E-state index contributed by atoms with van der Waals surface area (Å²) in [4.78, 5) is 5.35. The SMILES string of the molecule is COc1cc(C(C)NC(C)c2ccc(Cl)s2)ccn1. The van der Waals surface area contributed by atoms with E-state index in [-0.39, 0.29) is 12.1 Å². The van der Waals surface area contributed by atoms with E-state index in [9.17, 15) is 0 Å². The van der Waals surface area contributed by atoms with Crippen molar-refractivity contribution in [3.63, 3.8) is 0 Å². The van der Waals surface area contributed by atoms with Crippen molar-refractivity contribution in [3.8, 4) is 5.88 Å². The number of halogens is 1. The molecule has 2 aromatic rings. The number of nitrogens with one attached hydrogen (secondary N) is 1. The van der Waals surface area contributed by atoms with Crippen LogP contribution in [0.2, 0.25) is 4.34 Å². The van der Waals surface area contributed by atoms with Gasteiger partial charge in [-0.05, 0) is 37.6 Å². The molecule has 102 valence electrons. The molecule has 0 bridgehead atoms. The molecule has 19 heavy (non-hydrogen) atoms. The molecule has 1 N–H and O–H groups in total. The highest BCUT2D eigenvalue weighted by Crippen LogP contribution is 2.28. The fraction of sp³-hybridized carbons (Fsp3) is 0.357. The molecule has 2 atom stereocenters. The lowest BCUT2D eigenvalue weighted by atomic mass is 10.1. The standard InChI is InChI=1S/C14H17ClN2OS/c1-9(11-6-7-16-14(8-11)18-3)17-10(2)12-4-5-13(15)19-12/h4-10,17H,1-3H3. The Morgan fingerprint density at radius 3 is 2.68 bits per heavy atom. The highest BCUT2D eigenvalue weighted by molar-refractivity contribution is 7.16. The first-order valence-electron chi connectivity index (χ1n) is 6.11. The molecule has 0 saturated carbocycles. The number of rotatable bonds is 5. The van der Waals surface area contributed by atoms with Crippen LogP contribution in [0.25, 0.3) is 0 Å². The van der Waals surface area contributed by atoms with Crippen LogP contribution >= 0.6 is 22.9 Å². The summed E-state index contributed by atoms with van der Waals surface area (Å²) >= 11 is 7.57. The lowest BCUT2D eigenvalue weighted by molar-refractivity contribution is 0.395. The normalized spacial score (nSPS) is 14.1. The fourth-order valence-corrected chi connectivity index (χ4v) is 2.99. The molecule has 2 rings (SSSR count). The van der Waals surface area contributed by atoms with Gasteiger partial charge in [0.15, 0.2) is 0 Å². The van der Waals surface area contributed by atoms with Crippen molar-refractivity contribution >= 4 is 22.9 Å². The smallest absolute Gasteiger partial charge is 0.213 e. The van der Waals surface area contributed by atoms with Gasteiger partial charge in [0.25, 0.3) is 0 Å². The molecule has 0 aliphatic heterocycles. The number of ether oxygens (including phenoxy) is 1. The maximum atomic E-state index is 5.96. The highest BCUT2D eigenvalue weighted by Gasteiger charge is 2.13. The van der Waals surface area contributed by atoms with E-state index in [1.807, 2.05) is 18.2 Å². The van der Waals surface area contributed by atoms with E-state index in [4.69, 9.17) is 16.3 Å². The summed E-state index contributed by atoms with van der Waals surface area (Å²) in [5.74, 6) is 0.637. The molecule has 0 amide bonds. The molecule has 0 spiro atoms. The van der Waals surface area contributed by atoms with Crippen LogP contribution < -0.4 is 10.1 Å². The molecule has 0 radical (unpaired) electrons. The van der Waals surface area contributed by atoms with Crippen LogP contribution in [0, 0.1) is 0 Å². The summed E-state index contributed by atoms with van der Waals surface area (Å²) in [7, 11) is 1.63. The second-order valence-corrected chi connectivity index (χ2v) is 6.13. The summed E-state index contributed by atoms with van der Waals surface area (Å²) in [5, 5.41) is 3.55. The Hall–Kier alpha value is -1.10. The van der Waals surface area contributed by atoms with Crippen LogP contribution in [0.4, 0.5) is 0 Å². The predicted octanol–water partition coefficient (Wildman–Crippen LogP) is 4.22. The van der Waals surface area contributed by atoms with Crippen molar-refractivity contribution < 1.29 is 4.74 Å². The molecule has 0 aliphatic rings. The molecule has 0 aliphatic carbocycles. The van der Waals surface area contributed by atoms with Gasteiger partial charge in [-0.2, -0.15) is 0 Å². The van der Waals surface area contributed by atoms with Crippen LogP contribution in [0.15, 0.2) is 30.5 Å². The Kier molecular flexibility index (Phi) is 4.80. The van der Waals surface area contributed by atoms with E-state index in [1.54, 1.807) is 24.6 Å². The Bertz CT molecular complexity index is 544. The zero-order chi connectivity index (χ0) is 13.8. The van der Waals surface area contributed by atoms with Crippen molar-refractivity contribution in [1.82, 2.24) is 10.3 Å². The fourth-order valence-electron chi connectivity index (χ4n) is 1.92. The highest BCUT2D eigenvalue weighted by atomic mass is 35.5. The lowest BCUT2D eigenvalue weighted by Gasteiger charge is -2.19. The third-order valence-electron chi connectivity index (χ3n) is 2.99. The molecule has 2 unspecified atom stereocenters. The van der Waals surface area contributed by atoms with Crippen molar-refractivity contribution in [1.29, 1.82) is 0 Å². The molecule has 0 saturated heterocycles. The monoisotopic (exact) mass is 296 g/mol. The van der Waals surface area contributed by atoms with Gasteiger partial charge < -0.3 is 10.1 Å². The lowest BCUT2D eigenvalue weighted by Crippen LogP contribution is -2.21. The molecule has 3 nitrogen and oxygen atoms in total. The van der Waals surface area contributed by atoms with E-state index < -0.39 is 0 Å². The number of hydrogen-bond acceptors (Lipinski definition) is 4. The van der Waals surface area contributed by atoms with Crippen molar-refractivity contribution in [2.45, 2.75) is 25.9 Å². The average molecular weight is 297 g/mol. The molecule has 2 aromatic heterocycles. The summed E-state index contributed by atoms with van der Waals surface area (Å²) < 4.78 is 5.96. The quantitative estimate of drug-likeness (QED) is 0.897. The van der Waals surface area contributed by atoms with Gasteiger partial charge in [0.1, 0.15) is 0 Å². The summed E-state index contributed by atoms with van der Waals surface area (Å²) in [6, 6.07) is 8.41. The molecule has 2 heterocycles. The molecular weight excluding hydrogens is 280 g/mol. The minimum absolute atomic E-state index is 0.216. The first kappa shape index (κ1) is 14.3. The van der Waals surface area contributed by atoms with Gasteiger partial charge in [-0.25, -0.2) is 4.98 Å². The van der Waals surface area contributed by atoms with E-state index in [0.29, 0.717) is 5.88 Å². The summed E-state index contributed by atoms with van der Waals surface area (Å²) in [6.45, 7) is 4.26. The third kappa shape index (κ3) is 3.69. The van der Waals surface area contributed by atoms with Crippen LogP contribution in [0.5, 0.6) is 5.88 Å².